The molecule has 1 atom stereocenters. The number of nitrogens with one attached hydrogen (secondary N) is 1. The van der Waals surface area contributed by atoms with Crippen molar-refractivity contribution in [2.24, 2.45) is 0 Å². The number of hydrogen-bond acceptors (Lipinski definition) is 3. The van der Waals surface area contributed by atoms with Crippen molar-refractivity contribution in [2.75, 3.05) is 4.90 Å². The van der Waals surface area contributed by atoms with Crippen LogP contribution in [0.3, 0.4) is 0 Å². The van der Waals surface area contributed by atoms with Crippen molar-refractivity contribution in [3.05, 3.63) is 58.9 Å². The number of aromatic amines is 1. The molecule has 1 aliphatic rings. The molecule has 0 saturated carbocycles. The van der Waals surface area contributed by atoms with Crippen LogP contribution in [0.4, 0.5) is 5.69 Å². The van der Waals surface area contributed by atoms with Crippen LogP contribution in [-0.4, -0.2) is 21.5 Å². The molecule has 0 radical (unpaired) electrons. The van der Waals surface area contributed by atoms with Crippen LogP contribution in [0.1, 0.15) is 69.5 Å². The second-order valence-electron chi connectivity index (χ2n) is 9.42. The van der Waals surface area contributed by atoms with E-state index in [1.54, 1.807) is 0 Å². The molecule has 0 amide bonds. The molecule has 0 spiro atoms. The van der Waals surface area contributed by atoms with Crippen LogP contribution in [0, 0.1) is 18.3 Å². The fraction of sp³-hybridized carbons (Fsp3) is 0.385. The first kappa shape index (κ1) is 20.2. The van der Waals surface area contributed by atoms with Crippen LogP contribution in [0.15, 0.2) is 36.4 Å². The standard InChI is InChI=1S/C26H30N4/c1-16(2)30-24-11-17(3)19(13-21(24)18(4)14-26(30,5)6)12-20(15-27)25-28-22-9-7-8-10-23(22)29-25/h7-13,16,18H,14H2,1-6H3,(H,28,29)/b20-12-/t18-/m0/s1. The molecule has 4 rings (SSSR count). The number of aryl methyl sites for hydroxylation is 1. The van der Waals surface area contributed by atoms with Crippen molar-refractivity contribution in [1.29, 1.82) is 5.26 Å². The van der Waals surface area contributed by atoms with Gasteiger partial charge in [-0.05, 0) is 94.0 Å². The molecular formula is C26H30N4. The minimum Gasteiger partial charge on any atom is -0.364 e. The van der Waals surface area contributed by atoms with Crippen LogP contribution in [0.25, 0.3) is 22.7 Å². The summed E-state index contributed by atoms with van der Waals surface area (Å²) in [4.78, 5) is 10.4. The Labute approximate surface area is 179 Å². The van der Waals surface area contributed by atoms with Gasteiger partial charge in [-0.2, -0.15) is 5.26 Å². The van der Waals surface area contributed by atoms with E-state index in [0.29, 0.717) is 23.4 Å². The molecule has 30 heavy (non-hydrogen) atoms. The van der Waals surface area contributed by atoms with E-state index in [1.807, 2.05) is 30.3 Å². The summed E-state index contributed by atoms with van der Waals surface area (Å²) in [6, 6.07) is 15.2. The molecule has 0 aliphatic carbocycles. The molecule has 2 aromatic carbocycles. The third-order valence-electron chi connectivity index (χ3n) is 6.24. The molecule has 1 aliphatic heterocycles. The SMILES string of the molecule is Cc1cc2c(cc1/C=C(/C#N)c1nc3ccccc3[nH]1)[C@@H](C)CC(C)(C)N2C(C)C. The highest BCUT2D eigenvalue weighted by atomic mass is 15.2. The molecular weight excluding hydrogens is 368 g/mol. The number of hydrogen-bond donors (Lipinski definition) is 1. The van der Waals surface area contributed by atoms with Gasteiger partial charge < -0.3 is 9.88 Å². The van der Waals surface area contributed by atoms with E-state index in [2.05, 4.69) is 74.6 Å². The molecule has 2 heterocycles. The number of anilines is 1. The van der Waals surface area contributed by atoms with E-state index in [4.69, 9.17) is 0 Å². The predicted octanol–water partition coefficient (Wildman–Crippen LogP) is 6.44. The summed E-state index contributed by atoms with van der Waals surface area (Å²) in [7, 11) is 0. The summed E-state index contributed by atoms with van der Waals surface area (Å²) in [5.41, 5.74) is 7.44. The second-order valence-corrected chi connectivity index (χ2v) is 9.42. The Hall–Kier alpha value is -3.06. The summed E-state index contributed by atoms with van der Waals surface area (Å²) in [6.45, 7) is 13.6. The first-order valence-corrected chi connectivity index (χ1v) is 10.7. The highest BCUT2D eigenvalue weighted by molar-refractivity contribution is 5.91. The van der Waals surface area contributed by atoms with E-state index >= 15 is 0 Å². The van der Waals surface area contributed by atoms with Crippen molar-refractivity contribution >= 4 is 28.4 Å². The number of para-hydroxylation sites is 2. The van der Waals surface area contributed by atoms with Gasteiger partial charge in [-0.25, -0.2) is 4.98 Å². The third kappa shape index (κ3) is 3.39. The maximum Gasteiger partial charge on any atom is 0.149 e. The Morgan fingerprint density at radius 3 is 2.70 bits per heavy atom. The molecule has 1 aromatic heterocycles. The van der Waals surface area contributed by atoms with Gasteiger partial charge in [-0.1, -0.05) is 19.1 Å². The minimum absolute atomic E-state index is 0.121. The number of aromatic nitrogens is 2. The van der Waals surface area contributed by atoms with Gasteiger partial charge in [0.25, 0.3) is 0 Å². The zero-order valence-corrected chi connectivity index (χ0v) is 18.7. The Kier molecular flexibility index (Phi) is 4.94. The Bertz CT molecular complexity index is 1140. The smallest absolute Gasteiger partial charge is 0.149 e. The van der Waals surface area contributed by atoms with Gasteiger partial charge in [-0.3, -0.25) is 0 Å². The number of H-pyrrole nitrogens is 1. The molecule has 1 N–H and O–H groups in total. The minimum atomic E-state index is 0.121. The van der Waals surface area contributed by atoms with E-state index in [0.717, 1.165) is 23.0 Å². The lowest BCUT2D eigenvalue weighted by Crippen LogP contribution is -2.51. The lowest BCUT2D eigenvalue weighted by atomic mass is 9.78. The summed E-state index contributed by atoms with van der Waals surface area (Å²) in [5, 5.41) is 9.84. The molecule has 3 aromatic rings. The lowest BCUT2D eigenvalue weighted by Gasteiger charge is -2.50. The lowest BCUT2D eigenvalue weighted by molar-refractivity contribution is 0.356. The van der Waals surface area contributed by atoms with Crippen LogP contribution in [0.2, 0.25) is 0 Å². The molecule has 0 bridgehead atoms. The number of benzene rings is 2. The Balaban J connectivity index is 1.82. The first-order valence-electron chi connectivity index (χ1n) is 10.7. The van der Waals surface area contributed by atoms with Gasteiger partial charge in [-0.15, -0.1) is 0 Å². The van der Waals surface area contributed by atoms with Crippen molar-refractivity contribution < 1.29 is 0 Å². The second kappa shape index (κ2) is 7.32. The zero-order chi connectivity index (χ0) is 21.6. The monoisotopic (exact) mass is 398 g/mol. The molecule has 0 unspecified atom stereocenters. The normalized spacial score (nSPS) is 18.5. The third-order valence-corrected chi connectivity index (χ3v) is 6.24. The van der Waals surface area contributed by atoms with E-state index in [9.17, 15) is 5.26 Å². The molecule has 4 nitrogen and oxygen atoms in total. The fourth-order valence-corrected chi connectivity index (χ4v) is 5.14. The maximum atomic E-state index is 9.84. The van der Waals surface area contributed by atoms with Crippen molar-refractivity contribution in [1.82, 2.24) is 9.97 Å². The summed E-state index contributed by atoms with van der Waals surface area (Å²) in [6.07, 6.45) is 3.08. The quantitative estimate of drug-likeness (QED) is 0.517. The number of rotatable bonds is 3. The number of nitrogens with zero attached hydrogens (tertiary/aromatic N) is 3. The van der Waals surface area contributed by atoms with E-state index in [1.165, 1.54) is 16.8 Å². The van der Waals surface area contributed by atoms with Crippen LogP contribution in [0.5, 0.6) is 0 Å². The largest absolute Gasteiger partial charge is 0.364 e. The van der Waals surface area contributed by atoms with Crippen molar-refractivity contribution in [2.45, 2.75) is 65.5 Å². The van der Waals surface area contributed by atoms with Crippen LogP contribution in [-0.2, 0) is 0 Å². The average Bonchev–Trinajstić information content (AvgIpc) is 3.09. The van der Waals surface area contributed by atoms with Crippen molar-refractivity contribution in [3.8, 4) is 6.07 Å². The van der Waals surface area contributed by atoms with Gasteiger partial charge >= 0.3 is 0 Å². The Morgan fingerprint density at radius 1 is 1.30 bits per heavy atom. The summed E-state index contributed by atoms with van der Waals surface area (Å²) < 4.78 is 0. The summed E-state index contributed by atoms with van der Waals surface area (Å²) >= 11 is 0. The predicted molar refractivity (Wildman–Crippen MR) is 125 cm³/mol. The molecule has 0 fully saturated rings. The number of allylic oxidation sites excluding steroid dienone is 1. The van der Waals surface area contributed by atoms with Crippen LogP contribution >= 0.6 is 0 Å². The highest BCUT2D eigenvalue weighted by Crippen LogP contribution is 2.45. The van der Waals surface area contributed by atoms with Gasteiger partial charge in [0.05, 0.1) is 16.6 Å². The number of fused-ring (bicyclic) bond motifs is 2. The van der Waals surface area contributed by atoms with Gasteiger partial charge in [0, 0.05) is 17.3 Å². The summed E-state index contributed by atoms with van der Waals surface area (Å²) in [5.74, 6) is 1.09. The highest BCUT2D eigenvalue weighted by Gasteiger charge is 2.37. The van der Waals surface area contributed by atoms with E-state index in [-0.39, 0.29) is 5.54 Å². The van der Waals surface area contributed by atoms with Crippen molar-refractivity contribution in [3.63, 3.8) is 0 Å². The number of nitriles is 1. The van der Waals surface area contributed by atoms with Gasteiger partial charge in [0.2, 0.25) is 0 Å². The fourth-order valence-electron chi connectivity index (χ4n) is 5.14. The van der Waals surface area contributed by atoms with Gasteiger partial charge in [0.15, 0.2) is 0 Å². The maximum absolute atomic E-state index is 9.84. The van der Waals surface area contributed by atoms with Gasteiger partial charge in [0.1, 0.15) is 11.9 Å². The van der Waals surface area contributed by atoms with Crippen LogP contribution < -0.4 is 4.90 Å². The van der Waals surface area contributed by atoms with E-state index < -0.39 is 0 Å². The number of imidazole rings is 1. The molecule has 4 heteroatoms. The zero-order valence-electron chi connectivity index (χ0n) is 18.7. The molecule has 0 saturated heterocycles. The topological polar surface area (TPSA) is 55.7 Å². The molecule has 154 valence electrons. The average molecular weight is 399 g/mol. The Morgan fingerprint density at radius 2 is 2.03 bits per heavy atom. The first-order chi connectivity index (χ1) is 14.2.